The Morgan fingerprint density at radius 3 is 2.42 bits per heavy atom. The molecular formula is C28H36N2O6. The lowest BCUT2D eigenvalue weighted by Crippen LogP contribution is -2.33. The largest absolute Gasteiger partial charge is 0.507 e. The number of nitrogens with zero attached hydrogens (tertiary/aromatic N) is 2. The van der Waals surface area contributed by atoms with Gasteiger partial charge in [-0.2, -0.15) is 0 Å². The molecule has 8 nitrogen and oxygen atoms in total. The molecule has 0 aliphatic carbocycles. The molecule has 2 N–H and O–H groups in total. The molecule has 2 aromatic carbocycles. The summed E-state index contributed by atoms with van der Waals surface area (Å²) in [6.07, 6.45) is 0.662. The quantitative estimate of drug-likeness (QED) is 0.272. The molecule has 0 bridgehead atoms. The molecule has 1 atom stereocenters. The third-order valence-corrected chi connectivity index (χ3v) is 6.52. The van der Waals surface area contributed by atoms with Gasteiger partial charge in [-0.3, -0.25) is 9.59 Å². The van der Waals surface area contributed by atoms with Gasteiger partial charge in [0, 0.05) is 6.54 Å². The Morgan fingerprint density at radius 2 is 1.78 bits per heavy atom. The second-order valence-corrected chi connectivity index (χ2v) is 8.74. The number of likely N-dealkylation sites (tertiary alicyclic amines) is 1. The maximum atomic E-state index is 13.3. The van der Waals surface area contributed by atoms with E-state index in [9.17, 15) is 19.8 Å². The van der Waals surface area contributed by atoms with E-state index < -0.39 is 23.5 Å². The molecule has 0 saturated carbocycles. The standard InChI is InChI=1S/C28H36N2O6/c1-6-29(7-2)14-9-15-30-25(19-11-13-22(36-8-3)23(17-19)35-5)24(27(33)28(30)34)26(32)20-16-18(4)10-12-21(20)31/h10-13,16-17,25,31-32H,6-9,14-15H2,1-5H3. The van der Waals surface area contributed by atoms with Crippen molar-refractivity contribution in [2.75, 3.05) is 39.9 Å². The van der Waals surface area contributed by atoms with Gasteiger partial charge in [0.05, 0.1) is 30.9 Å². The van der Waals surface area contributed by atoms with Gasteiger partial charge in [0.15, 0.2) is 11.5 Å². The molecule has 0 spiro atoms. The number of Topliss-reactive ketones (excluding diaryl/α,β-unsaturated/α-hetero) is 1. The van der Waals surface area contributed by atoms with Crippen molar-refractivity contribution < 1.29 is 29.3 Å². The molecule has 2 aromatic rings. The number of rotatable bonds is 11. The molecule has 1 fully saturated rings. The normalized spacial score (nSPS) is 17.2. The zero-order valence-corrected chi connectivity index (χ0v) is 21.7. The van der Waals surface area contributed by atoms with Gasteiger partial charge in [0.2, 0.25) is 0 Å². The van der Waals surface area contributed by atoms with Crippen LogP contribution in [0.5, 0.6) is 17.2 Å². The number of benzene rings is 2. The zero-order valence-electron chi connectivity index (χ0n) is 21.7. The van der Waals surface area contributed by atoms with Crippen molar-refractivity contribution in [2.24, 2.45) is 0 Å². The molecule has 8 heteroatoms. The monoisotopic (exact) mass is 496 g/mol. The molecular weight excluding hydrogens is 460 g/mol. The molecule has 36 heavy (non-hydrogen) atoms. The minimum atomic E-state index is -0.841. The summed E-state index contributed by atoms with van der Waals surface area (Å²) in [6.45, 7) is 11.2. The van der Waals surface area contributed by atoms with Crippen molar-refractivity contribution >= 4 is 17.4 Å². The average molecular weight is 497 g/mol. The van der Waals surface area contributed by atoms with E-state index in [1.807, 2.05) is 13.8 Å². The Bertz CT molecular complexity index is 1140. The van der Waals surface area contributed by atoms with Crippen LogP contribution in [0.3, 0.4) is 0 Å². The highest BCUT2D eigenvalue weighted by atomic mass is 16.5. The number of phenolic OH excluding ortho intramolecular Hbond substituents is 1. The summed E-state index contributed by atoms with van der Waals surface area (Å²) in [5.41, 5.74) is 1.45. The van der Waals surface area contributed by atoms with E-state index in [0.29, 0.717) is 36.6 Å². The van der Waals surface area contributed by atoms with Gasteiger partial charge in [0.1, 0.15) is 11.5 Å². The van der Waals surface area contributed by atoms with Crippen molar-refractivity contribution in [1.29, 1.82) is 0 Å². The van der Waals surface area contributed by atoms with Crippen molar-refractivity contribution in [3.63, 3.8) is 0 Å². The minimum Gasteiger partial charge on any atom is -0.507 e. The average Bonchev–Trinajstić information content (AvgIpc) is 3.13. The van der Waals surface area contributed by atoms with Gasteiger partial charge in [-0.05, 0) is 69.7 Å². The summed E-state index contributed by atoms with van der Waals surface area (Å²) in [6, 6.07) is 9.14. The zero-order chi connectivity index (χ0) is 26.4. The Balaban J connectivity index is 2.13. The number of hydrogen-bond donors (Lipinski definition) is 2. The number of ether oxygens (including phenoxy) is 2. The Morgan fingerprint density at radius 1 is 1.06 bits per heavy atom. The number of amides is 1. The van der Waals surface area contributed by atoms with Gasteiger partial charge in [-0.1, -0.05) is 31.5 Å². The lowest BCUT2D eigenvalue weighted by atomic mass is 9.94. The van der Waals surface area contributed by atoms with Gasteiger partial charge < -0.3 is 29.5 Å². The second kappa shape index (κ2) is 11.9. The van der Waals surface area contributed by atoms with E-state index in [1.165, 1.54) is 18.1 Å². The number of phenols is 1. The highest BCUT2D eigenvalue weighted by molar-refractivity contribution is 6.46. The van der Waals surface area contributed by atoms with Gasteiger partial charge in [-0.25, -0.2) is 0 Å². The van der Waals surface area contributed by atoms with Crippen LogP contribution in [0, 0.1) is 6.92 Å². The maximum absolute atomic E-state index is 13.3. The highest BCUT2D eigenvalue weighted by Gasteiger charge is 2.46. The minimum absolute atomic E-state index is 0.0602. The number of aliphatic hydroxyl groups excluding tert-OH is 1. The molecule has 1 heterocycles. The first kappa shape index (κ1) is 27.1. The number of carbonyl (C=O) groups is 2. The molecule has 3 rings (SSSR count). The lowest BCUT2D eigenvalue weighted by Gasteiger charge is -2.27. The van der Waals surface area contributed by atoms with Gasteiger partial charge in [0.25, 0.3) is 11.7 Å². The number of hydrogen-bond acceptors (Lipinski definition) is 7. The molecule has 194 valence electrons. The topological polar surface area (TPSA) is 99.5 Å². The van der Waals surface area contributed by atoms with Crippen molar-refractivity contribution in [3.8, 4) is 17.2 Å². The van der Waals surface area contributed by atoms with Crippen LogP contribution in [0.4, 0.5) is 0 Å². The fourth-order valence-corrected chi connectivity index (χ4v) is 4.58. The molecule has 1 aliphatic heterocycles. The second-order valence-electron chi connectivity index (χ2n) is 8.74. The number of aliphatic hydroxyl groups is 1. The Hall–Kier alpha value is -3.52. The molecule has 0 radical (unpaired) electrons. The number of aromatic hydroxyl groups is 1. The predicted molar refractivity (Wildman–Crippen MR) is 138 cm³/mol. The molecule has 0 aromatic heterocycles. The van der Waals surface area contributed by atoms with E-state index in [1.54, 1.807) is 30.3 Å². The van der Waals surface area contributed by atoms with Crippen molar-refractivity contribution in [3.05, 3.63) is 58.7 Å². The summed E-state index contributed by atoms with van der Waals surface area (Å²) >= 11 is 0. The summed E-state index contributed by atoms with van der Waals surface area (Å²) in [4.78, 5) is 30.3. The SMILES string of the molecule is CCOc1ccc(C2C(=C(O)c3cc(C)ccc3O)C(=O)C(=O)N2CCCN(CC)CC)cc1OC. The van der Waals surface area contributed by atoms with Gasteiger partial charge in [-0.15, -0.1) is 0 Å². The van der Waals surface area contributed by atoms with Crippen LogP contribution >= 0.6 is 0 Å². The first-order valence-electron chi connectivity index (χ1n) is 12.4. The van der Waals surface area contributed by atoms with Crippen LogP contribution in [-0.2, 0) is 9.59 Å². The number of aryl methyl sites for hydroxylation is 1. The lowest BCUT2D eigenvalue weighted by molar-refractivity contribution is -0.140. The van der Waals surface area contributed by atoms with E-state index in [4.69, 9.17) is 9.47 Å². The summed E-state index contributed by atoms with van der Waals surface area (Å²) in [5, 5.41) is 21.7. The van der Waals surface area contributed by atoms with Crippen LogP contribution in [0.2, 0.25) is 0 Å². The van der Waals surface area contributed by atoms with E-state index in [-0.39, 0.29) is 16.9 Å². The Kier molecular flexibility index (Phi) is 8.98. The van der Waals surface area contributed by atoms with Crippen LogP contribution in [0.1, 0.15) is 49.9 Å². The molecule has 1 saturated heterocycles. The molecule has 1 aliphatic rings. The Labute approximate surface area is 212 Å². The van der Waals surface area contributed by atoms with E-state index in [2.05, 4.69) is 18.7 Å². The van der Waals surface area contributed by atoms with Gasteiger partial charge >= 0.3 is 0 Å². The van der Waals surface area contributed by atoms with Crippen molar-refractivity contribution in [1.82, 2.24) is 9.80 Å². The summed E-state index contributed by atoms with van der Waals surface area (Å²) < 4.78 is 11.1. The third-order valence-electron chi connectivity index (χ3n) is 6.52. The fraction of sp³-hybridized carbons (Fsp3) is 0.429. The van der Waals surface area contributed by atoms with Crippen LogP contribution < -0.4 is 9.47 Å². The van der Waals surface area contributed by atoms with E-state index in [0.717, 1.165) is 25.2 Å². The first-order chi connectivity index (χ1) is 17.3. The maximum Gasteiger partial charge on any atom is 0.295 e. The van der Waals surface area contributed by atoms with Crippen LogP contribution in [-0.4, -0.2) is 71.6 Å². The molecule has 1 amide bonds. The third kappa shape index (κ3) is 5.49. The highest BCUT2D eigenvalue weighted by Crippen LogP contribution is 2.43. The first-order valence-corrected chi connectivity index (χ1v) is 12.4. The number of ketones is 1. The fourth-order valence-electron chi connectivity index (χ4n) is 4.58. The number of carbonyl (C=O) groups excluding carboxylic acids is 2. The smallest absolute Gasteiger partial charge is 0.295 e. The van der Waals surface area contributed by atoms with Crippen LogP contribution in [0.15, 0.2) is 42.0 Å². The summed E-state index contributed by atoms with van der Waals surface area (Å²) in [5.74, 6) is -1.04. The van der Waals surface area contributed by atoms with Crippen molar-refractivity contribution in [2.45, 2.75) is 40.2 Å². The number of methoxy groups -OCH3 is 1. The predicted octanol–water partition coefficient (Wildman–Crippen LogP) is 4.26. The van der Waals surface area contributed by atoms with Crippen LogP contribution in [0.25, 0.3) is 5.76 Å². The summed E-state index contributed by atoms with van der Waals surface area (Å²) in [7, 11) is 1.52. The molecule has 1 unspecified atom stereocenters. The van der Waals surface area contributed by atoms with E-state index >= 15 is 0 Å².